The van der Waals surface area contributed by atoms with Crippen LogP contribution >= 0.6 is 0 Å². The Kier molecular flexibility index (Phi) is 6.56. The van der Waals surface area contributed by atoms with Gasteiger partial charge in [0.15, 0.2) is 0 Å². The van der Waals surface area contributed by atoms with Gasteiger partial charge in [0.05, 0.1) is 18.6 Å². The first-order valence-electron chi connectivity index (χ1n) is 6.30. The lowest BCUT2D eigenvalue weighted by molar-refractivity contribution is -0.142. The molecule has 6 nitrogen and oxygen atoms in total. The molecule has 0 aromatic heterocycles. The summed E-state index contributed by atoms with van der Waals surface area (Å²) in [6.45, 7) is 4.38. The number of methoxy groups -OCH3 is 2. The van der Waals surface area contributed by atoms with Crippen LogP contribution in [0.3, 0.4) is 0 Å². The molecule has 1 saturated heterocycles. The Labute approximate surface area is 108 Å². The number of ether oxygens (including phenoxy) is 2. The summed E-state index contributed by atoms with van der Waals surface area (Å²) in [7, 11) is 3.34. The van der Waals surface area contributed by atoms with Gasteiger partial charge in [-0.25, -0.2) is 0 Å². The number of aliphatic carboxylic acids is 1. The second-order valence-corrected chi connectivity index (χ2v) is 4.72. The molecule has 1 aliphatic rings. The fraction of sp³-hybridized carbons (Fsp3) is 0.917. The minimum atomic E-state index is -0.745. The number of hydrogen-bond acceptors (Lipinski definition) is 5. The Hall–Kier alpha value is -0.690. The zero-order valence-electron chi connectivity index (χ0n) is 11.3. The number of nitrogens with one attached hydrogen (secondary N) is 1. The molecular formula is C12H24N2O4. The third kappa shape index (κ3) is 4.20. The van der Waals surface area contributed by atoms with Gasteiger partial charge in [0.1, 0.15) is 0 Å². The molecule has 0 aromatic carbocycles. The molecule has 1 heterocycles. The maximum absolute atomic E-state index is 11.0. The molecule has 1 aliphatic heterocycles. The van der Waals surface area contributed by atoms with Crippen molar-refractivity contribution in [1.82, 2.24) is 10.2 Å². The molecule has 0 atom stereocenters. The molecular weight excluding hydrogens is 236 g/mol. The number of carboxylic acid groups (broad SMARTS) is 1. The van der Waals surface area contributed by atoms with Crippen LogP contribution in [0.1, 0.15) is 12.8 Å². The number of nitrogens with zero attached hydrogens (tertiary/aromatic N) is 1. The molecule has 0 spiro atoms. The van der Waals surface area contributed by atoms with Gasteiger partial charge < -0.3 is 19.9 Å². The van der Waals surface area contributed by atoms with Gasteiger partial charge >= 0.3 is 5.97 Å². The van der Waals surface area contributed by atoms with Crippen molar-refractivity contribution >= 4 is 5.97 Å². The standard InChI is InChI=1S/C12H24N2O4/c1-17-6-3-4-14(5-7-18-2)12(8-11(15)16)9-13-10-12/h13H,3-10H2,1-2H3,(H,15,16). The van der Waals surface area contributed by atoms with Gasteiger partial charge in [-0.15, -0.1) is 0 Å². The lowest BCUT2D eigenvalue weighted by Crippen LogP contribution is -2.70. The van der Waals surface area contributed by atoms with Crippen LogP contribution < -0.4 is 5.32 Å². The normalized spacial score (nSPS) is 17.7. The third-order valence-electron chi connectivity index (χ3n) is 3.40. The minimum absolute atomic E-state index is 0.177. The predicted octanol–water partition coefficient (Wildman–Crippen LogP) is -0.212. The second-order valence-electron chi connectivity index (χ2n) is 4.72. The summed E-state index contributed by atoms with van der Waals surface area (Å²) in [4.78, 5) is 13.2. The monoisotopic (exact) mass is 260 g/mol. The fourth-order valence-corrected chi connectivity index (χ4v) is 2.34. The smallest absolute Gasteiger partial charge is 0.305 e. The molecule has 0 radical (unpaired) electrons. The topological polar surface area (TPSA) is 71.0 Å². The zero-order chi connectivity index (χ0) is 13.4. The summed E-state index contributed by atoms with van der Waals surface area (Å²) >= 11 is 0. The van der Waals surface area contributed by atoms with Crippen molar-refractivity contribution in [2.24, 2.45) is 0 Å². The second kappa shape index (κ2) is 7.68. The average Bonchev–Trinajstić information content (AvgIpc) is 2.28. The first-order valence-corrected chi connectivity index (χ1v) is 6.30. The van der Waals surface area contributed by atoms with Crippen molar-refractivity contribution < 1.29 is 19.4 Å². The Balaban J connectivity index is 2.56. The third-order valence-corrected chi connectivity index (χ3v) is 3.40. The van der Waals surface area contributed by atoms with E-state index in [0.717, 1.165) is 32.6 Å². The van der Waals surface area contributed by atoms with Crippen LogP contribution in [-0.2, 0) is 14.3 Å². The van der Waals surface area contributed by atoms with E-state index in [1.54, 1.807) is 14.2 Å². The van der Waals surface area contributed by atoms with Crippen molar-refractivity contribution in [1.29, 1.82) is 0 Å². The number of rotatable bonds is 10. The Bertz CT molecular complexity index is 256. The van der Waals surface area contributed by atoms with Crippen LogP contribution in [0.15, 0.2) is 0 Å². The molecule has 1 fully saturated rings. The predicted molar refractivity (Wildman–Crippen MR) is 67.8 cm³/mol. The first-order chi connectivity index (χ1) is 8.64. The molecule has 0 aromatic rings. The van der Waals surface area contributed by atoms with Crippen LogP contribution in [0, 0.1) is 0 Å². The van der Waals surface area contributed by atoms with Crippen molar-refractivity contribution in [2.75, 3.05) is 53.6 Å². The Morgan fingerprint density at radius 2 is 1.94 bits per heavy atom. The molecule has 2 N–H and O–H groups in total. The van der Waals surface area contributed by atoms with Crippen molar-refractivity contribution in [3.63, 3.8) is 0 Å². The SMILES string of the molecule is COCCCN(CCOC)C1(CC(=O)O)CNC1. The van der Waals surface area contributed by atoms with E-state index < -0.39 is 5.97 Å². The van der Waals surface area contributed by atoms with E-state index in [1.165, 1.54) is 0 Å². The average molecular weight is 260 g/mol. The molecule has 0 unspecified atom stereocenters. The van der Waals surface area contributed by atoms with Crippen LogP contribution in [0.25, 0.3) is 0 Å². The van der Waals surface area contributed by atoms with E-state index in [-0.39, 0.29) is 12.0 Å². The Morgan fingerprint density at radius 1 is 1.28 bits per heavy atom. The van der Waals surface area contributed by atoms with Gasteiger partial charge in [0.2, 0.25) is 0 Å². The summed E-state index contributed by atoms with van der Waals surface area (Å²) < 4.78 is 10.2. The van der Waals surface area contributed by atoms with Crippen LogP contribution in [-0.4, -0.2) is 75.1 Å². The van der Waals surface area contributed by atoms with E-state index in [2.05, 4.69) is 10.2 Å². The van der Waals surface area contributed by atoms with E-state index in [9.17, 15) is 4.79 Å². The van der Waals surface area contributed by atoms with Crippen LogP contribution in [0.4, 0.5) is 0 Å². The summed E-state index contributed by atoms with van der Waals surface area (Å²) in [5.41, 5.74) is -0.252. The van der Waals surface area contributed by atoms with E-state index in [1.807, 2.05) is 0 Å². The highest BCUT2D eigenvalue weighted by Gasteiger charge is 2.43. The number of carboxylic acids is 1. The molecule has 0 aliphatic carbocycles. The van der Waals surface area contributed by atoms with Gasteiger partial charge in [-0.1, -0.05) is 0 Å². The molecule has 18 heavy (non-hydrogen) atoms. The Morgan fingerprint density at radius 3 is 2.39 bits per heavy atom. The largest absolute Gasteiger partial charge is 0.481 e. The van der Waals surface area contributed by atoms with Gasteiger partial charge in [0.25, 0.3) is 0 Å². The lowest BCUT2D eigenvalue weighted by atomic mass is 9.86. The molecule has 106 valence electrons. The lowest BCUT2D eigenvalue weighted by Gasteiger charge is -2.50. The summed E-state index contributed by atoms with van der Waals surface area (Å²) in [5.74, 6) is -0.745. The zero-order valence-corrected chi connectivity index (χ0v) is 11.3. The quantitative estimate of drug-likeness (QED) is 0.530. The van der Waals surface area contributed by atoms with Crippen molar-refractivity contribution in [3.05, 3.63) is 0 Å². The fourth-order valence-electron chi connectivity index (χ4n) is 2.34. The maximum Gasteiger partial charge on any atom is 0.305 e. The first kappa shape index (κ1) is 15.4. The van der Waals surface area contributed by atoms with E-state index >= 15 is 0 Å². The highest BCUT2D eigenvalue weighted by Crippen LogP contribution is 2.25. The van der Waals surface area contributed by atoms with Crippen LogP contribution in [0.5, 0.6) is 0 Å². The van der Waals surface area contributed by atoms with E-state index in [0.29, 0.717) is 13.2 Å². The summed E-state index contributed by atoms with van der Waals surface area (Å²) in [6, 6.07) is 0. The summed E-state index contributed by atoms with van der Waals surface area (Å²) in [5, 5.41) is 12.2. The molecule has 0 bridgehead atoms. The highest BCUT2D eigenvalue weighted by atomic mass is 16.5. The molecule has 0 saturated carbocycles. The van der Waals surface area contributed by atoms with Crippen LogP contribution in [0.2, 0.25) is 0 Å². The highest BCUT2D eigenvalue weighted by molar-refractivity contribution is 5.68. The maximum atomic E-state index is 11.0. The van der Waals surface area contributed by atoms with Gasteiger partial charge in [-0.05, 0) is 6.42 Å². The molecule has 6 heteroatoms. The number of carbonyl (C=O) groups is 1. The van der Waals surface area contributed by atoms with Crippen molar-refractivity contribution in [3.8, 4) is 0 Å². The summed E-state index contributed by atoms with van der Waals surface area (Å²) in [6.07, 6.45) is 1.08. The van der Waals surface area contributed by atoms with E-state index in [4.69, 9.17) is 14.6 Å². The molecule has 1 rings (SSSR count). The van der Waals surface area contributed by atoms with Gasteiger partial charge in [-0.3, -0.25) is 9.69 Å². The number of hydrogen-bond donors (Lipinski definition) is 2. The molecule has 0 amide bonds. The van der Waals surface area contributed by atoms with Gasteiger partial charge in [-0.2, -0.15) is 0 Å². The minimum Gasteiger partial charge on any atom is -0.481 e. The van der Waals surface area contributed by atoms with Crippen molar-refractivity contribution in [2.45, 2.75) is 18.4 Å². The van der Waals surface area contributed by atoms with Gasteiger partial charge in [0, 0.05) is 47.0 Å².